The molecular weight excluding hydrogens is 300 g/mol. The van der Waals surface area contributed by atoms with Crippen LogP contribution in [0.4, 0.5) is 0 Å². The molecule has 1 unspecified atom stereocenters. The third kappa shape index (κ3) is 4.33. The van der Waals surface area contributed by atoms with Crippen molar-refractivity contribution < 1.29 is 9.59 Å². The Bertz CT molecular complexity index is 659. The zero-order valence-corrected chi connectivity index (χ0v) is 12.9. The maximum atomic E-state index is 11.9. The highest BCUT2D eigenvalue weighted by Crippen LogP contribution is 2.21. The van der Waals surface area contributed by atoms with E-state index in [4.69, 9.17) is 11.6 Å². The van der Waals surface area contributed by atoms with Crippen LogP contribution < -0.4 is 10.6 Å². The van der Waals surface area contributed by atoms with E-state index in [1.807, 2.05) is 31.2 Å². The molecule has 2 N–H and O–H groups in total. The minimum atomic E-state index is -0.277. The predicted octanol–water partition coefficient (Wildman–Crippen LogP) is 2.95. The maximum absolute atomic E-state index is 11.9. The van der Waals surface area contributed by atoms with E-state index < -0.39 is 0 Å². The fourth-order valence-electron chi connectivity index (χ4n) is 2.05. The lowest BCUT2D eigenvalue weighted by Gasteiger charge is -2.16. The van der Waals surface area contributed by atoms with Gasteiger partial charge in [0.25, 0.3) is 5.91 Å². The van der Waals surface area contributed by atoms with E-state index in [0.717, 1.165) is 5.56 Å². The SMILES string of the molecule is CC(NC(=O)CNC(=O)c1ccccc1)c1ccccc1Cl. The van der Waals surface area contributed by atoms with E-state index in [-0.39, 0.29) is 24.4 Å². The van der Waals surface area contributed by atoms with Crippen LogP contribution >= 0.6 is 11.6 Å². The zero-order chi connectivity index (χ0) is 15.9. The molecule has 0 aliphatic carbocycles. The third-order valence-corrected chi connectivity index (χ3v) is 3.54. The Balaban J connectivity index is 1.86. The van der Waals surface area contributed by atoms with Gasteiger partial charge in [-0.25, -0.2) is 0 Å². The summed E-state index contributed by atoms with van der Waals surface area (Å²) >= 11 is 6.09. The average molecular weight is 317 g/mol. The Morgan fingerprint density at radius 3 is 2.36 bits per heavy atom. The van der Waals surface area contributed by atoms with E-state index >= 15 is 0 Å². The first-order valence-corrected chi connectivity index (χ1v) is 7.33. The van der Waals surface area contributed by atoms with Gasteiger partial charge in [0.1, 0.15) is 0 Å². The van der Waals surface area contributed by atoms with Crippen LogP contribution in [0.3, 0.4) is 0 Å². The van der Waals surface area contributed by atoms with E-state index in [0.29, 0.717) is 10.6 Å². The molecule has 2 aromatic rings. The summed E-state index contributed by atoms with van der Waals surface area (Å²) in [5.41, 5.74) is 1.36. The Labute approximate surface area is 134 Å². The van der Waals surface area contributed by atoms with Crippen molar-refractivity contribution in [1.82, 2.24) is 10.6 Å². The van der Waals surface area contributed by atoms with Gasteiger partial charge in [-0.3, -0.25) is 9.59 Å². The van der Waals surface area contributed by atoms with Crippen molar-refractivity contribution in [1.29, 1.82) is 0 Å². The molecule has 0 aliphatic rings. The average Bonchev–Trinajstić information content (AvgIpc) is 2.53. The molecular formula is C17H17ClN2O2. The normalized spacial score (nSPS) is 11.5. The van der Waals surface area contributed by atoms with Crippen molar-refractivity contribution >= 4 is 23.4 Å². The lowest BCUT2D eigenvalue weighted by Crippen LogP contribution is -2.38. The molecule has 4 nitrogen and oxygen atoms in total. The van der Waals surface area contributed by atoms with Crippen LogP contribution in [0.1, 0.15) is 28.9 Å². The summed E-state index contributed by atoms with van der Waals surface area (Å²) in [5, 5.41) is 5.99. The number of amides is 2. The number of hydrogen-bond donors (Lipinski definition) is 2. The van der Waals surface area contributed by atoms with Crippen molar-refractivity contribution in [3.8, 4) is 0 Å². The summed E-state index contributed by atoms with van der Waals surface area (Å²) in [6.45, 7) is 1.76. The molecule has 22 heavy (non-hydrogen) atoms. The standard InChI is InChI=1S/C17H17ClN2O2/c1-12(14-9-5-6-10-15(14)18)20-16(21)11-19-17(22)13-7-3-2-4-8-13/h2-10,12H,11H2,1H3,(H,19,22)(H,20,21). The molecule has 0 bridgehead atoms. The number of carbonyl (C=O) groups excluding carboxylic acids is 2. The lowest BCUT2D eigenvalue weighted by atomic mass is 10.1. The van der Waals surface area contributed by atoms with Gasteiger partial charge in [-0.2, -0.15) is 0 Å². The maximum Gasteiger partial charge on any atom is 0.251 e. The van der Waals surface area contributed by atoms with Crippen molar-refractivity contribution in [3.05, 3.63) is 70.7 Å². The molecule has 2 rings (SSSR count). The van der Waals surface area contributed by atoms with Crippen LogP contribution in [0, 0.1) is 0 Å². The van der Waals surface area contributed by atoms with Crippen LogP contribution in [-0.4, -0.2) is 18.4 Å². The van der Waals surface area contributed by atoms with Crippen LogP contribution in [0.5, 0.6) is 0 Å². The summed E-state index contributed by atoms with van der Waals surface area (Å²) in [6, 6.07) is 15.9. The topological polar surface area (TPSA) is 58.2 Å². The summed E-state index contributed by atoms with van der Waals surface area (Å²) in [4.78, 5) is 23.8. The van der Waals surface area contributed by atoms with E-state index in [2.05, 4.69) is 10.6 Å². The molecule has 0 heterocycles. The molecule has 0 aliphatic heterocycles. The second kappa shape index (κ2) is 7.61. The summed E-state index contributed by atoms with van der Waals surface area (Å²) < 4.78 is 0. The van der Waals surface area contributed by atoms with Crippen molar-refractivity contribution in [2.75, 3.05) is 6.54 Å². The van der Waals surface area contributed by atoms with Crippen LogP contribution in [0.2, 0.25) is 5.02 Å². The Hall–Kier alpha value is -2.33. The largest absolute Gasteiger partial charge is 0.348 e. The third-order valence-electron chi connectivity index (χ3n) is 3.19. The number of benzene rings is 2. The monoisotopic (exact) mass is 316 g/mol. The second-order valence-corrected chi connectivity index (χ2v) is 5.27. The highest BCUT2D eigenvalue weighted by molar-refractivity contribution is 6.31. The van der Waals surface area contributed by atoms with E-state index in [1.165, 1.54) is 0 Å². The van der Waals surface area contributed by atoms with Crippen molar-refractivity contribution in [3.63, 3.8) is 0 Å². The minimum Gasteiger partial charge on any atom is -0.348 e. The first-order chi connectivity index (χ1) is 10.6. The zero-order valence-electron chi connectivity index (χ0n) is 12.2. The molecule has 2 aromatic carbocycles. The fourth-order valence-corrected chi connectivity index (χ4v) is 2.35. The Kier molecular flexibility index (Phi) is 5.55. The van der Waals surface area contributed by atoms with Gasteiger partial charge in [-0.05, 0) is 30.7 Å². The number of carbonyl (C=O) groups is 2. The summed E-state index contributed by atoms with van der Waals surface area (Å²) in [5.74, 6) is -0.544. The smallest absolute Gasteiger partial charge is 0.251 e. The first-order valence-electron chi connectivity index (χ1n) is 6.95. The first kappa shape index (κ1) is 16.0. The van der Waals surface area contributed by atoms with E-state index in [9.17, 15) is 9.59 Å². The number of nitrogens with one attached hydrogen (secondary N) is 2. The predicted molar refractivity (Wildman–Crippen MR) is 86.8 cm³/mol. The lowest BCUT2D eigenvalue weighted by molar-refractivity contribution is -0.120. The second-order valence-electron chi connectivity index (χ2n) is 4.86. The Morgan fingerprint density at radius 1 is 1.05 bits per heavy atom. The van der Waals surface area contributed by atoms with Crippen LogP contribution in [-0.2, 0) is 4.79 Å². The summed E-state index contributed by atoms with van der Waals surface area (Å²) in [7, 11) is 0. The minimum absolute atomic E-state index is 0.0808. The highest BCUT2D eigenvalue weighted by Gasteiger charge is 2.13. The van der Waals surface area contributed by atoms with Gasteiger partial charge in [-0.15, -0.1) is 0 Å². The highest BCUT2D eigenvalue weighted by atomic mass is 35.5. The van der Waals surface area contributed by atoms with Crippen LogP contribution in [0.25, 0.3) is 0 Å². The molecule has 0 aromatic heterocycles. The molecule has 2 amide bonds. The van der Waals surface area contributed by atoms with Crippen molar-refractivity contribution in [2.24, 2.45) is 0 Å². The van der Waals surface area contributed by atoms with Gasteiger partial charge >= 0.3 is 0 Å². The molecule has 114 valence electrons. The van der Waals surface area contributed by atoms with Crippen molar-refractivity contribution in [2.45, 2.75) is 13.0 Å². The van der Waals surface area contributed by atoms with Gasteiger partial charge in [0.2, 0.25) is 5.91 Å². The quantitative estimate of drug-likeness (QED) is 0.891. The van der Waals surface area contributed by atoms with Gasteiger partial charge in [0.05, 0.1) is 12.6 Å². The van der Waals surface area contributed by atoms with Crippen LogP contribution in [0.15, 0.2) is 54.6 Å². The summed E-state index contributed by atoms with van der Waals surface area (Å²) in [6.07, 6.45) is 0. The Morgan fingerprint density at radius 2 is 1.68 bits per heavy atom. The van der Waals surface area contributed by atoms with Gasteiger partial charge in [-0.1, -0.05) is 48.0 Å². The van der Waals surface area contributed by atoms with Gasteiger partial charge in [0, 0.05) is 10.6 Å². The van der Waals surface area contributed by atoms with Gasteiger partial charge < -0.3 is 10.6 Å². The molecule has 0 saturated heterocycles. The number of rotatable bonds is 5. The molecule has 0 saturated carbocycles. The molecule has 1 atom stereocenters. The molecule has 0 radical (unpaired) electrons. The van der Waals surface area contributed by atoms with E-state index in [1.54, 1.807) is 30.3 Å². The van der Waals surface area contributed by atoms with Gasteiger partial charge in [0.15, 0.2) is 0 Å². The fraction of sp³-hybridized carbons (Fsp3) is 0.176. The number of hydrogen-bond acceptors (Lipinski definition) is 2. The number of halogens is 1. The molecule has 5 heteroatoms. The molecule has 0 spiro atoms. The molecule has 0 fully saturated rings.